The van der Waals surface area contributed by atoms with Gasteiger partial charge in [-0.25, -0.2) is 8.42 Å². The van der Waals surface area contributed by atoms with Crippen LogP contribution in [0.25, 0.3) is 0 Å². The van der Waals surface area contributed by atoms with E-state index in [1.165, 1.54) is 6.26 Å². The average molecular weight is 253 g/mol. The molecule has 0 radical (unpaired) electrons. The molecule has 0 saturated heterocycles. The maximum absolute atomic E-state index is 11.0. The molecule has 0 bridgehead atoms. The second kappa shape index (κ2) is 5.19. The first-order chi connectivity index (χ1) is 7.83. The molecule has 1 rings (SSSR count). The third-order valence-electron chi connectivity index (χ3n) is 2.29. The lowest BCUT2D eigenvalue weighted by Gasteiger charge is -2.11. The van der Waals surface area contributed by atoms with Gasteiger partial charge in [0.15, 0.2) is 9.84 Å². The molecule has 1 aromatic carbocycles. The van der Waals surface area contributed by atoms with Gasteiger partial charge in [0.1, 0.15) is 12.4 Å². The summed E-state index contributed by atoms with van der Waals surface area (Å²) in [6.07, 6.45) is 1.18. The van der Waals surface area contributed by atoms with Crippen molar-refractivity contribution in [2.75, 3.05) is 18.6 Å². The topological polar surface area (TPSA) is 67.2 Å². The summed E-state index contributed by atoms with van der Waals surface area (Å²) in [7, 11) is -3.01. The minimum atomic E-state index is -3.01. The maximum Gasteiger partial charge on any atom is 0.150 e. The Balaban J connectivity index is 2.83. The molecule has 0 aliphatic heterocycles. The van der Waals surface area contributed by atoms with Gasteiger partial charge in [-0.3, -0.25) is 0 Å². The lowest BCUT2D eigenvalue weighted by molar-refractivity contribution is 0.336. The first-order valence-corrected chi connectivity index (χ1v) is 7.21. The van der Waals surface area contributed by atoms with Crippen molar-refractivity contribution in [1.29, 1.82) is 5.26 Å². The Morgan fingerprint density at radius 2 is 1.82 bits per heavy atom. The highest BCUT2D eigenvalue weighted by molar-refractivity contribution is 7.90. The number of hydrogen-bond donors (Lipinski definition) is 0. The molecule has 0 aliphatic rings. The highest BCUT2D eigenvalue weighted by atomic mass is 32.2. The van der Waals surface area contributed by atoms with Crippen LogP contribution in [-0.2, 0) is 9.84 Å². The molecule has 0 spiro atoms. The highest BCUT2D eigenvalue weighted by Crippen LogP contribution is 2.24. The summed E-state index contributed by atoms with van der Waals surface area (Å²) in [6.45, 7) is 3.81. The van der Waals surface area contributed by atoms with E-state index in [9.17, 15) is 8.42 Å². The van der Waals surface area contributed by atoms with Gasteiger partial charge in [0, 0.05) is 6.26 Å². The summed E-state index contributed by atoms with van der Waals surface area (Å²) in [5.74, 6) is 0.652. The van der Waals surface area contributed by atoms with Crippen LogP contribution in [0.2, 0.25) is 0 Å². The zero-order chi connectivity index (χ0) is 13.1. The molecule has 5 heteroatoms. The van der Waals surface area contributed by atoms with Crippen molar-refractivity contribution in [2.24, 2.45) is 0 Å². The van der Waals surface area contributed by atoms with Gasteiger partial charge < -0.3 is 4.74 Å². The predicted octanol–water partition coefficient (Wildman–Crippen LogP) is 1.60. The fourth-order valence-corrected chi connectivity index (χ4v) is 1.92. The molecule has 1 aromatic rings. The maximum atomic E-state index is 11.0. The fourth-order valence-electron chi connectivity index (χ4n) is 1.54. The first kappa shape index (κ1) is 13.5. The summed E-state index contributed by atoms with van der Waals surface area (Å²) < 4.78 is 27.4. The van der Waals surface area contributed by atoms with Crippen molar-refractivity contribution in [1.82, 2.24) is 0 Å². The van der Waals surface area contributed by atoms with Crippen LogP contribution in [0.5, 0.6) is 5.75 Å². The Bertz CT molecular complexity index is 533. The smallest absolute Gasteiger partial charge is 0.150 e. The Kier molecular flexibility index (Phi) is 4.13. The standard InChI is InChI=1S/C12H15NO3S/c1-9-6-11(8-13)7-10(2)12(9)16-4-5-17(3,14)15/h6-7H,4-5H2,1-3H3. The van der Waals surface area contributed by atoms with Gasteiger partial charge in [0.25, 0.3) is 0 Å². The average Bonchev–Trinajstić information content (AvgIpc) is 2.20. The Morgan fingerprint density at radius 3 is 2.24 bits per heavy atom. The van der Waals surface area contributed by atoms with E-state index >= 15 is 0 Å². The van der Waals surface area contributed by atoms with Crippen molar-refractivity contribution >= 4 is 9.84 Å². The molecule has 4 nitrogen and oxygen atoms in total. The van der Waals surface area contributed by atoms with Gasteiger partial charge in [0.2, 0.25) is 0 Å². The van der Waals surface area contributed by atoms with Gasteiger partial charge in [0.05, 0.1) is 17.4 Å². The molecule has 0 amide bonds. The number of nitrogens with zero attached hydrogens (tertiary/aromatic N) is 1. The molecular formula is C12H15NO3S. The molecular weight excluding hydrogens is 238 g/mol. The van der Waals surface area contributed by atoms with Crippen LogP contribution in [0.15, 0.2) is 12.1 Å². The van der Waals surface area contributed by atoms with Crippen LogP contribution in [0.1, 0.15) is 16.7 Å². The monoisotopic (exact) mass is 253 g/mol. The number of ether oxygens (including phenoxy) is 1. The van der Waals surface area contributed by atoms with E-state index in [-0.39, 0.29) is 12.4 Å². The molecule has 0 fully saturated rings. The van der Waals surface area contributed by atoms with E-state index in [1.807, 2.05) is 13.8 Å². The number of rotatable bonds is 4. The van der Waals surface area contributed by atoms with E-state index in [1.54, 1.807) is 12.1 Å². The molecule has 0 unspecified atom stereocenters. The fraction of sp³-hybridized carbons (Fsp3) is 0.417. The van der Waals surface area contributed by atoms with Crippen LogP contribution < -0.4 is 4.74 Å². The zero-order valence-electron chi connectivity index (χ0n) is 10.1. The number of hydrogen-bond acceptors (Lipinski definition) is 4. The summed E-state index contributed by atoms with van der Waals surface area (Å²) >= 11 is 0. The third kappa shape index (κ3) is 4.08. The second-order valence-electron chi connectivity index (χ2n) is 4.03. The molecule has 0 aromatic heterocycles. The van der Waals surface area contributed by atoms with Crippen molar-refractivity contribution in [3.05, 3.63) is 28.8 Å². The van der Waals surface area contributed by atoms with Gasteiger partial charge in [-0.05, 0) is 37.1 Å². The summed E-state index contributed by atoms with van der Waals surface area (Å²) in [4.78, 5) is 0. The first-order valence-electron chi connectivity index (χ1n) is 5.15. The number of benzene rings is 1. The minimum absolute atomic E-state index is 0.00805. The van der Waals surface area contributed by atoms with Crippen LogP contribution in [0.4, 0.5) is 0 Å². The summed E-state index contributed by atoms with van der Waals surface area (Å²) in [5.41, 5.74) is 2.26. The largest absolute Gasteiger partial charge is 0.492 e. The van der Waals surface area contributed by atoms with E-state index in [4.69, 9.17) is 10.00 Å². The number of aryl methyl sites for hydroxylation is 2. The van der Waals surface area contributed by atoms with E-state index < -0.39 is 9.84 Å². The van der Waals surface area contributed by atoms with Crippen LogP contribution >= 0.6 is 0 Å². The zero-order valence-corrected chi connectivity index (χ0v) is 11.0. The van der Waals surface area contributed by atoms with Gasteiger partial charge in [-0.1, -0.05) is 0 Å². The predicted molar refractivity (Wildman–Crippen MR) is 65.8 cm³/mol. The SMILES string of the molecule is Cc1cc(C#N)cc(C)c1OCCS(C)(=O)=O. The van der Waals surface area contributed by atoms with Crippen LogP contribution in [0.3, 0.4) is 0 Å². The molecule has 0 aliphatic carbocycles. The van der Waals surface area contributed by atoms with Crippen molar-refractivity contribution in [3.63, 3.8) is 0 Å². The van der Waals surface area contributed by atoms with Crippen LogP contribution in [-0.4, -0.2) is 27.0 Å². The quantitative estimate of drug-likeness (QED) is 0.817. The number of sulfone groups is 1. The summed E-state index contributed by atoms with van der Waals surface area (Å²) in [5, 5.41) is 8.79. The lowest BCUT2D eigenvalue weighted by atomic mass is 10.1. The van der Waals surface area contributed by atoms with E-state index in [2.05, 4.69) is 6.07 Å². The van der Waals surface area contributed by atoms with E-state index in [0.29, 0.717) is 11.3 Å². The molecule has 0 atom stereocenters. The highest BCUT2D eigenvalue weighted by Gasteiger charge is 2.08. The van der Waals surface area contributed by atoms with Crippen LogP contribution in [0, 0.1) is 25.2 Å². The summed E-state index contributed by atoms with van der Waals surface area (Å²) in [6, 6.07) is 5.51. The van der Waals surface area contributed by atoms with Crippen molar-refractivity contribution in [3.8, 4) is 11.8 Å². The minimum Gasteiger partial charge on any atom is -0.492 e. The normalized spacial score (nSPS) is 10.9. The Morgan fingerprint density at radius 1 is 1.29 bits per heavy atom. The molecule has 92 valence electrons. The Hall–Kier alpha value is -1.54. The van der Waals surface area contributed by atoms with Crippen molar-refractivity contribution < 1.29 is 13.2 Å². The van der Waals surface area contributed by atoms with Gasteiger partial charge >= 0.3 is 0 Å². The third-order valence-corrected chi connectivity index (χ3v) is 3.20. The molecule has 0 heterocycles. The Labute approximate surface area is 102 Å². The molecule has 0 saturated carbocycles. The molecule has 0 N–H and O–H groups in total. The van der Waals surface area contributed by atoms with E-state index in [0.717, 1.165) is 11.1 Å². The second-order valence-corrected chi connectivity index (χ2v) is 6.29. The van der Waals surface area contributed by atoms with Gasteiger partial charge in [-0.2, -0.15) is 5.26 Å². The van der Waals surface area contributed by atoms with Crippen molar-refractivity contribution in [2.45, 2.75) is 13.8 Å². The molecule has 17 heavy (non-hydrogen) atoms. The lowest BCUT2D eigenvalue weighted by Crippen LogP contribution is -2.13. The van der Waals surface area contributed by atoms with Gasteiger partial charge in [-0.15, -0.1) is 0 Å². The number of nitriles is 1.